The number of hydrogen-bond acceptors (Lipinski definition) is 3. The maximum absolute atomic E-state index is 12.8. The molecule has 3 rings (SSSR count). The predicted molar refractivity (Wildman–Crippen MR) is 115 cm³/mol. The molecular weight excluding hydrogens is 396 g/mol. The van der Waals surface area contributed by atoms with Crippen molar-refractivity contribution >= 4 is 38.9 Å². The van der Waals surface area contributed by atoms with Crippen LogP contribution in [0.15, 0.2) is 42.5 Å². The second kappa shape index (κ2) is 7.76. The van der Waals surface area contributed by atoms with E-state index in [1.807, 2.05) is 24.3 Å². The third-order valence-corrected chi connectivity index (χ3v) is 7.00. The summed E-state index contributed by atoms with van der Waals surface area (Å²) in [6.45, 7) is 6.68. The molecule has 1 aliphatic heterocycles. The number of rotatable bonds is 3. The van der Waals surface area contributed by atoms with Crippen LogP contribution >= 0.6 is 11.6 Å². The summed E-state index contributed by atoms with van der Waals surface area (Å²) in [5.74, 6) is -0.189. The summed E-state index contributed by atoms with van der Waals surface area (Å²) in [6, 6.07) is 12.4. The number of hydrogen-bond donors (Lipinski definition) is 1. The molecule has 28 heavy (non-hydrogen) atoms. The van der Waals surface area contributed by atoms with Crippen LogP contribution < -0.4 is 9.62 Å². The molecule has 0 bridgehead atoms. The Morgan fingerprint density at radius 3 is 2.46 bits per heavy atom. The van der Waals surface area contributed by atoms with Gasteiger partial charge in [-0.3, -0.25) is 9.10 Å². The van der Waals surface area contributed by atoms with Crippen molar-refractivity contribution < 1.29 is 13.2 Å². The summed E-state index contributed by atoms with van der Waals surface area (Å²) >= 11 is 6.35. The first-order valence-electron chi connectivity index (χ1n) is 9.30. The predicted octanol–water partition coefficient (Wildman–Crippen LogP) is 4.82. The van der Waals surface area contributed by atoms with Crippen LogP contribution in [0.1, 0.15) is 49.5 Å². The molecule has 7 heteroatoms. The van der Waals surface area contributed by atoms with Gasteiger partial charge in [-0.05, 0) is 48.1 Å². The number of carbonyl (C=O) groups excluding carboxylic acids is 1. The Bertz CT molecular complexity index is 997. The Kier molecular flexibility index (Phi) is 5.73. The van der Waals surface area contributed by atoms with Crippen molar-refractivity contribution in [1.29, 1.82) is 0 Å². The molecule has 1 aliphatic rings. The molecule has 1 heterocycles. The molecule has 5 nitrogen and oxygen atoms in total. The summed E-state index contributed by atoms with van der Waals surface area (Å²) in [5.41, 5.74) is 2.44. The first kappa shape index (κ1) is 20.7. The van der Waals surface area contributed by atoms with Gasteiger partial charge in [-0.15, -0.1) is 0 Å². The Morgan fingerprint density at radius 1 is 1.11 bits per heavy atom. The molecule has 0 aromatic heterocycles. The van der Waals surface area contributed by atoms with Crippen molar-refractivity contribution in [3.05, 3.63) is 58.6 Å². The van der Waals surface area contributed by atoms with Gasteiger partial charge in [0.1, 0.15) is 0 Å². The molecule has 0 aliphatic carbocycles. The van der Waals surface area contributed by atoms with Crippen molar-refractivity contribution in [3.63, 3.8) is 0 Å². The van der Waals surface area contributed by atoms with E-state index in [-0.39, 0.29) is 22.1 Å². The molecule has 0 unspecified atom stereocenters. The maximum Gasteiger partial charge on any atom is 0.257 e. The Labute approximate surface area is 171 Å². The number of carbonyl (C=O) groups is 1. The highest BCUT2D eigenvalue weighted by Crippen LogP contribution is 2.31. The van der Waals surface area contributed by atoms with Crippen LogP contribution in [0.4, 0.5) is 11.4 Å². The van der Waals surface area contributed by atoms with Gasteiger partial charge in [0.2, 0.25) is 10.0 Å². The van der Waals surface area contributed by atoms with E-state index in [0.29, 0.717) is 24.2 Å². The summed E-state index contributed by atoms with van der Waals surface area (Å²) in [4.78, 5) is 12.8. The summed E-state index contributed by atoms with van der Waals surface area (Å²) < 4.78 is 26.0. The van der Waals surface area contributed by atoms with Crippen LogP contribution in [0.3, 0.4) is 0 Å². The Balaban J connectivity index is 1.87. The smallest absolute Gasteiger partial charge is 0.257 e. The fourth-order valence-electron chi connectivity index (χ4n) is 3.36. The summed E-state index contributed by atoms with van der Waals surface area (Å²) in [5, 5.41) is 3.16. The van der Waals surface area contributed by atoms with E-state index in [1.54, 1.807) is 18.2 Å². The second-order valence-electron chi connectivity index (χ2n) is 8.01. The SMILES string of the molecule is CC(C)(C)c1ccccc1NC(=O)c1ccc(N2CCCCS2(=O)=O)cc1Cl. The first-order valence-corrected chi connectivity index (χ1v) is 11.3. The lowest BCUT2D eigenvalue weighted by Crippen LogP contribution is -2.37. The normalized spacial score (nSPS) is 16.6. The second-order valence-corrected chi connectivity index (χ2v) is 10.4. The Morgan fingerprint density at radius 2 is 1.82 bits per heavy atom. The minimum absolute atomic E-state index is 0.125. The highest BCUT2D eigenvalue weighted by atomic mass is 35.5. The van der Waals surface area contributed by atoms with Crippen LogP contribution in [0, 0.1) is 0 Å². The molecule has 1 fully saturated rings. The summed E-state index contributed by atoms with van der Waals surface area (Å²) in [7, 11) is -3.32. The molecular formula is C21H25ClN2O3S. The van der Waals surface area contributed by atoms with E-state index in [1.165, 1.54) is 4.31 Å². The number of nitrogens with zero attached hydrogens (tertiary/aromatic N) is 1. The van der Waals surface area contributed by atoms with Crippen LogP contribution in [0.25, 0.3) is 0 Å². The molecule has 150 valence electrons. The monoisotopic (exact) mass is 420 g/mol. The first-order chi connectivity index (χ1) is 13.1. The van der Waals surface area contributed by atoms with E-state index in [2.05, 4.69) is 26.1 Å². The number of amides is 1. The Hall–Kier alpha value is -2.05. The van der Waals surface area contributed by atoms with Gasteiger partial charge in [-0.1, -0.05) is 50.6 Å². The molecule has 2 aromatic carbocycles. The largest absolute Gasteiger partial charge is 0.322 e. The molecule has 0 spiro atoms. The standard InChI is InChI=1S/C21H25ClN2O3S/c1-21(2,3)17-8-4-5-9-19(17)23-20(25)16-11-10-15(14-18(16)22)24-12-6-7-13-28(24,26)27/h4-5,8-11,14H,6-7,12-13H2,1-3H3,(H,23,25). The van der Waals surface area contributed by atoms with Gasteiger partial charge in [-0.25, -0.2) is 8.42 Å². The van der Waals surface area contributed by atoms with E-state index in [0.717, 1.165) is 17.7 Å². The third-order valence-electron chi connectivity index (χ3n) is 4.82. The molecule has 1 N–H and O–H groups in total. The number of sulfonamides is 1. The number of anilines is 2. The zero-order valence-corrected chi connectivity index (χ0v) is 17.9. The third kappa shape index (κ3) is 4.33. The van der Waals surface area contributed by atoms with E-state index in [9.17, 15) is 13.2 Å². The molecule has 1 amide bonds. The average Bonchev–Trinajstić information content (AvgIpc) is 2.60. The van der Waals surface area contributed by atoms with Crippen LogP contribution in [-0.4, -0.2) is 26.6 Å². The minimum atomic E-state index is -3.32. The van der Waals surface area contributed by atoms with Gasteiger partial charge >= 0.3 is 0 Å². The van der Waals surface area contributed by atoms with Gasteiger partial charge in [0, 0.05) is 12.2 Å². The number of benzene rings is 2. The minimum Gasteiger partial charge on any atom is -0.322 e. The molecule has 0 radical (unpaired) electrons. The average molecular weight is 421 g/mol. The van der Waals surface area contributed by atoms with Crippen molar-refractivity contribution in [2.75, 3.05) is 21.9 Å². The molecule has 1 saturated heterocycles. The van der Waals surface area contributed by atoms with E-state index >= 15 is 0 Å². The van der Waals surface area contributed by atoms with Crippen molar-refractivity contribution in [3.8, 4) is 0 Å². The van der Waals surface area contributed by atoms with Gasteiger partial charge in [0.15, 0.2) is 0 Å². The maximum atomic E-state index is 12.8. The fraction of sp³-hybridized carbons (Fsp3) is 0.381. The van der Waals surface area contributed by atoms with Gasteiger partial charge < -0.3 is 5.32 Å². The fourth-order valence-corrected chi connectivity index (χ4v) is 5.25. The van der Waals surface area contributed by atoms with E-state index in [4.69, 9.17) is 11.6 Å². The quantitative estimate of drug-likeness (QED) is 0.774. The van der Waals surface area contributed by atoms with Crippen LogP contribution in [0.5, 0.6) is 0 Å². The van der Waals surface area contributed by atoms with Crippen LogP contribution in [-0.2, 0) is 15.4 Å². The van der Waals surface area contributed by atoms with Gasteiger partial charge in [0.25, 0.3) is 5.91 Å². The van der Waals surface area contributed by atoms with Crippen LogP contribution in [0.2, 0.25) is 5.02 Å². The summed E-state index contributed by atoms with van der Waals surface area (Å²) in [6.07, 6.45) is 1.48. The zero-order chi connectivity index (χ0) is 20.5. The lowest BCUT2D eigenvalue weighted by atomic mass is 9.86. The number of halogens is 1. The van der Waals surface area contributed by atoms with E-state index < -0.39 is 10.0 Å². The molecule has 0 saturated carbocycles. The zero-order valence-electron chi connectivity index (χ0n) is 16.3. The number of para-hydroxylation sites is 1. The molecule has 2 aromatic rings. The van der Waals surface area contributed by atoms with Gasteiger partial charge in [-0.2, -0.15) is 0 Å². The van der Waals surface area contributed by atoms with Crippen molar-refractivity contribution in [1.82, 2.24) is 0 Å². The topological polar surface area (TPSA) is 66.5 Å². The highest BCUT2D eigenvalue weighted by Gasteiger charge is 2.27. The highest BCUT2D eigenvalue weighted by molar-refractivity contribution is 7.92. The van der Waals surface area contributed by atoms with Crippen molar-refractivity contribution in [2.24, 2.45) is 0 Å². The lowest BCUT2D eigenvalue weighted by Gasteiger charge is -2.28. The van der Waals surface area contributed by atoms with Gasteiger partial charge in [0.05, 0.1) is 22.0 Å². The lowest BCUT2D eigenvalue weighted by molar-refractivity contribution is 0.102. The molecule has 0 atom stereocenters. The number of nitrogens with one attached hydrogen (secondary N) is 1. The van der Waals surface area contributed by atoms with Crippen molar-refractivity contribution in [2.45, 2.75) is 39.0 Å².